The topological polar surface area (TPSA) is 90.7 Å². The molecule has 3 N–H and O–H groups in total. The molecule has 6 nitrogen and oxygen atoms in total. The normalized spacial score (nSPS) is 12.2. The van der Waals surface area contributed by atoms with Gasteiger partial charge in [0.1, 0.15) is 6.61 Å². The number of amides is 2. The second-order valence-corrected chi connectivity index (χ2v) is 2.22. The van der Waals surface area contributed by atoms with Crippen molar-refractivity contribution < 1.29 is 19.1 Å². The summed E-state index contributed by atoms with van der Waals surface area (Å²) in [7, 11) is 1.27. The lowest BCUT2D eigenvalue weighted by Gasteiger charge is -2.12. The van der Waals surface area contributed by atoms with Gasteiger partial charge in [0.05, 0.1) is 0 Å². The van der Waals surface area contributed by atoms with Gasteiger partial charge in [-0.1, -0.05) is 0 Å². The Kier molecular flexibility index (Phi) is 5.82. The number of carbonyl (C=O) groups excluding carboxylic acids is 2. The molecule has 0 fully saturated rings. The maximum absolute atomic E-state index is 11.0. The summed E-state index contributed by atoms with van der Waals surface area (Å²) in [5.74, 6) is -1.18. The van der Waals surface area contributed by atoms with Gasteiger partial charge in [-0.3, -0.25) is 9.59 Å². The van der Waals surface area contributed by atoms with Crippen LogP contribution in [-0.2, 0) is 19.1 Å². The number of nitrogens with one attached hydrogen (secondary N) is 1. The van der Waals surface area contributed by atoms with E-state index in [0.29, 0.717) is 6.61 Å². The van der Waals surface area contributed by atoms with E-state index in [2.05, 4.69) is 10.1 Å². The Labute approximate surface area is 76.4 Å². The third-order valence-corrected chi connectivity index (χ3v) is 1.22. The van der Waals surface area contributed by atoms with Crippen LogP contribution >= 0.6 is 0 Å². The maximum Gasteiger partial charge on any atom is 0.267 e. The summed E-state index contributed by atoms with van der Waals surface area (Å²) < 4.78 is 9.40. The zero-order valence-corrected chi connectivity index (χ0v) is 7.70. The average Bonchev–Trinajstić information content (AvgIpc) is 2.10. The highest BCUT2D eigenvalue weighted by molar-refractivity contribution is 5.85. The Hall–Kier alpha value is -1.14. The Morgan fingerprint density at radius 3 is 2.54 bits per heavy atom. The van der Waals surface area contributed by atoms with E-state index in [1.54, 1.807) is 6.92 Å². The van der Waals surface area contributed by atoms with Crippen LogP contribution < -0.4 is 11.1 Å². The van der Waals surface area contributed by atoms with Crippen LogP contribution in [-0.4, -0.2) is 38.4 Å². The van der Waals surface area contributed by atoms with E-state index in [1.165, 1.54) is 7.11 Å². The number of carbonyl (C=O) groups is 2. The molecule has 0 aliphatic carbocycles. The molecule has 0 bridgehead atoms. The average molecular weight is 190 g/mol. The Morgan fingerprint density at radius 1 is 1.54 bits per heavy atom. The predicted octanol–water partition coefficient (Wildman–Crippen LogP) is -1.40. The molecule has 0 spiro atoms. The summed E-state index contributed by atoms with van der Waals surface area (Å²) in [6.07, 6.45) is -1.09. The standard InChI is InChI=1S/C7H14N2O4/c1-3-13-4-5(10)9-7(12-2)6(8)11/h7H,3-4H2,1-2H3,(H2,8,11)(H,9,10). The van der Waals surface area contributed by atoms with Gasteiger partial charge in [-0.15, -0.1) is 0 Å². The van der Waals surface area contributed by atoms with Crippen molar-refractivity contribution in [2.45, 2.75) is 13.2 Å². The van der Waals surface area contributed by atoms with Crippen molar-refractivity contribution in [3.05, 3.63) is 0 Å². The largest absolute Gasteiger partial charge is 0.372 e. The van der Waals surface area contributed by atoms with Gasteiger partial charge in [0.25, 0.3) is 5.91 Å². The zero-order valence-electron chi connectivity index (χ0n) is 7.70. The number of hydrogen-bond donors (Lipinski definition) is 2. The Balaban J connectivity index is 3.80. The highest BCUT2D eigenvalue weighted by Gasteiger charge is 2.16. The van der Waals surface area contributed by atoms with E-state index in [1.807, 2.05) is 0 Å². The van der Waals surface area contributed by atoms with Crippen LogP contribution in [0.5, 0.6) is 0 Å². The van der Waals surface area contributed by atoms with Gasteiger partial charge in [0, 0.05) is 13.7 Å². The first-order valence-corrected chi connectivity index (χ1v) is 3.81. The van der Waals surface area contributed by atoms with Crippen molar-refractivity contribution >= 4 is 11.8 Å². The molecule has 13 heavy (non-hydrogen) atoms. The molecular formula is C7H14N2O4. The number of nitrogens with two attached hydrogens (primary N) is 1. The molecule has 1 unspecified atom stereocenters. The quantitative estimate of drug-likeness (QED) is 0.504. The summed E-state index contributed by atoms with van der Waals surface area (Å²) in [5, 5.41) is 2.24. The van der Waals surface area contributed by atoms with Gasteiger partial charge in [-0.05, 0) is 6.92 Å². The minimum absolute atomic E-state index is 0.107. The summed E-state index contributed by atoms with van der Waals surface area (Å²) >= 11 is 0. The van der Waals surface area contributed by atoms with E-state index in [-0.39, 0.29) is 6.61 Å². The number of hydrogen-bond acceptors (Lipinski definition) is 4. The predicted molar refractivity (Wildman–Crippen MR) is 44.6 cm³/mol. The van der Waals surface area contributed by atoms with Crippen LogP contribution in [0.3, 0.4) is 0 Å². The molecule has 0 aromatic carbocycles. The first-order valence-electron chi connectivity index (χ1n) is 3.81. The fraction of sp³-hybridized carbons (Fsp3) is 0.714. The summed E-state index contributed by atoms with van der Waals surface area (Å²) in [6.45, 7) is 2.08. The lowest BCUT2D eigenvalue weighted by molar-refractivity contribution is -0.138. The molecule has 0 saturated heterocycles. The van der Waals surface area contributed by atoms with Gasteiger partial charge >= 0.3 is 0 Å². The van der Waals surface area contributed by atoms with Gasteiger partial charge in [0.15, 0.2) is 0 Å². The fourth-order valence-electron chi connectivity index (χ4n) is 0.629. The lowest BCUT2D eigenvalue weighted by atomic mass is 10.5. The highest BCUT2D eigenvalue weighted by atomic mass is 16.5. The molecule has 0 saturated carbocycles. The lowest BCUT2D eigenvalue weighted by Crippen LogP contribution is -2.46. The van der Waals surface area contributed by atoms with Crippen molar-refractivity contribution in [1.29, 1.82) is 0 Å². The van der Waals surface area contributed by atoms with Crippen LogP contribution in [0.15, 0.2) is 0 Å². The first kappa shape index (κ1) is 11.9. The van der Waals surface area contributed by atoms with E-state index >= 15 is 0 Å². The second-order valence-electron chi connectivity index (χ2n) is 2.22. The van der Waals surface area contributed by atoms with Crippen LogP contribution in [0.1, 0.15) is 6.92 Å². The summed E-state index contributed by atoms with van der Waals surface area (Å²) in [5.41, 5.74) is 4.90. The van der Waals surface area contributed by atoms with Crippen molar-refractivity contribution in [2.75, 3.05) is 20.3 Å². The molecule has 0 aliphatic rings. The SMILES string of the molecule is CCOCC(=O)NC(OC)C(N)=O. The zero-order chi connectivity index (χ0) is 10.3. The van der Waals surface area contributed by atoms with E-state index < -0.39 is 18.0 Å². The minimum Gasteiger partial charge on any atom is -0.372 e. The number of primary amides is 1. The van der Waals surface area contributed by atoms with Gasteiger partial charge < -0.3 is 20.5 Å². The molecule has 0 heterocycles. The van der Waals surface area contributed by atoms with Gasteiger partial charge in [-0.25, -0.2) is 0 Å². The van der Waals surface area contributed by atoms with Crippen molar-refractivity contribution in [3.63, 3.8) is 0 Å². The molecule has 0 aromatic heterocycles. The van der Waals surface area contributed by atoms with Crippen LogP contribution in [0, 0.1) is 0 Å². The second kappa shape index (κ2) is 6.38. The smallest absolute Gasteiger partial charge is 0.267 e. The molecule has 0 aliphatic heterocycles. The molecule has 2 amide bonds. The third kappa shape index (κ3) is 5.15. The summed E-state index contributed by atoms with van der Waals surface area (Å²) in [6, 6.07) is 0. The van der Waals surface area contributed by atoms with E-state index in [0.717, 1.165) is 0 Å². The highest BCUT2D eigenvalue weighted by Crippen LogP contribution is 1.83. The molecular weight excluding hydrogens is 176 g/mol. The third-order valence-electron chi connectivity index (χ3n) is 1.22. The maximum atomic E-state index is 11.0. The molecule has 76 valence electrons. The first-order chi connectivity index (χ1) is 6.11. The van der Waals surface area contributed by atoms with Crippen molar-refractivity contribution in [1.82, 2.24) is 5.32 Å². The number of rotatable bonds is 6. The van der Waals surface area contributed by atoms with E-state index in [4.69, 9.17) is 10.5 Å². The fourth-order valence-corrected chi connectivity index (χ4v) is 0.629. The molecule has 0 rings (SSSR count). The van der Waals surface area contributed by atoms with Crippen molar-refractivity contribution in [2.24, 2.45) is 5.73 Å². The van der Waals surface area contributed by atoms with E-state index in [9.17, 15) is 9.59 Å². The van der Waals surface area contributed by atoms with Crippen LogP contribution in [0.4, 0.5) is 0 Å². The number of ether oxygens (including phenoxy) is 2. The Morgan fingerprint density at radius 2 is 2.15 bits per heavy atom. The molecule has 0 aromatic rings. The molecule has 1 atom stereocenters. The minimum atomic E-state index is -1.09. The number of methoxy groups -OCH3 is 1. The van der Waals surface area contributed by atoms with Crippen LogP contribution in [0.2, 0.25) is 0 Å². The Bertz CT molecular complexity index is 183. The van der Waals surface area contributed by atoms with Gasteiger partial charge in [-0.2, -0.15) is 0 Å². The monoisotopic (exact) mass is 190 g/mol. The van der Waals surface area contributed by atoms with Gasteiger partial charge in [0.2, 0.25) is 12.1 Å². The molecule has 0 radical (unpaired) electrons. The van der Waals surface area contributed by atoms with Crippen molar-refractivity contribution in [3.8, 4) is 0 Å². The van der Waals surface area contributed by atoms with Crippen LogP contribution in [0.25, 0.3) is 0 Å². The summed E-state index contributed by atoms with van der Waals surface area (Å²) in [4.78, 5) is 21.5. The molecule has 6 heteroatoms.